The van der Waals surface area contributed by atoms with E-state index in [1.165, 1.54) is 5.56 Å². The highest BCUT2D eigenvalue weighted by Gasteiger charge is 2.24. The van der Waals surface area contributed by atoms with Gasteiger partial charge in [-0.25, -0.2) is 0 Å². The summed E-state index contributed by atoms with van der Waals surface area (Å²) in [4.78, 5) is 23.0. The molecule has 1 rings (SSSR count). The van der Waals surface area contributed by atoms with Crippen LogP contribution in [0.5, 0.6) is 0 Å². The Kier molecular flexibility index (Phi) is 8.02. The number of benzene rings is 1. The van der Waals surface area contributed by atoms with E-state index in [2.05, 4.69) is 17.4 Å². The molecule has 0 saturated carbocycles. The molecule has 0 saturated heterocycles. The molecule has 0 heterocycles. The molecule has 0 spiro atoms. The number of thioether (sulfide) groups is 1. The van der Waals surface area contributed by atoms with Crippen molar-refractivity contribution in [2.45, 2.75) is 50.7 Å². The summed E-state index contributed by atoms with van der Waals surface area (Å²) in [5.41, 5.74) is 1.20. The van der Waals surface area contributed by atoms with Crippen LogP contribution in [-0.2, 0) is 15.3 Å². The Hall–Kier alpha value is -1.49. The third-order valence-electron chi connectivity index (χ3n) is 3.32. The largest absolute Gasteiger partial charge is 0.481 e. The Morgan fingerprint density at radius 3 is 2.36 bits per heavy atom. The highest BCUT2D eigenvalue weighted by atomic mass is 32.2. The number of carbonyl (C=O) groups excluding carboxylic acids is 1. The van der Waals surface area contributed by atoms with Crippen molar-refractivity contribution in [3.63, 3.8) is 0 Å². The molecular formula is C17H25NO3S. The first-order valence-electron chi connectivity index (χ1n) is 7.58. The van der Waals surface area contributed by atoms with Crippen LogP contribution in [0.25, 0.3) is 0 Å². The molecule has 0 bridgehead atoms. The van der Waals surface area contributed by atoms with E-state index in [0.717, 1.165) is 5.75 Å². The topological polar surface area (TPSA) is 66.4 Å². The van der Waals surface area contributed by atoms with Crippen LogP contribution in [-0.4, -0.2) is 28.3 Å². The van der Waals surface area contributed by atoms with Crippen molar-refractivity contribution in [1.82, 2.24) is 5.32 Å². The molecule has 22 heavy (non-hydrogen) atoms. The van der Waals surface area contributed by atoms with Crippen LogP contribution >= 0.6 is 11.8 Å². The predicted octanol–water partition coefficient (Wildman–Crippen LogP) is 3.31. The second-order valence-corrected chi connectivity index (χ2v) is 6.93. The first kappa shape index (κ1) is 18.6. The lowest BCUT2D eigenvalue weighted by Crippen LogP contribution is -2.41. The van der Waals surface area contributed by atoms with Gasteiger partial charge in [0.15, 0.2) is 0 Å². The fourth-order valence-corrected chi connectivity index (χ4v) is 3.24. The van der Waals surface area contributed by atoms with Gasteiger partial charge in [-0.15, -0.1) is 11.8 Å². The molecule has 4 nitrogen and oxygen atoms in total. The van der Waals surface area contributed by atoms with E-state index in [9.17, 15) is 9.59 Å². The van der Waals surface area contributed by atoms with Crippen LogP contribution in [0.3, 0.4) is 0 Å². The van der Waals surface area contributed by atoms with Crippen molar-refractivity contribution < 1.29 is 14.7 Å². The number of amides is 1. The summed E-state index contributed by atoms with van der Waals surface area (Å²) in [6.45, 7) is 5.91. The number of rotatable bonds is 9. The molecule has 1 aromatic rings. The molecule has 0 fully saturated rings. The molecule has 2 atom stereocenters. The van der Waals surface area contributed by atoms with E-state index >= 15 is 0 Å². The second-order valence-electron chi connectivity index (χ2n) is 5.80. The van der Waals surface area contributed by atoms with Crippen molar-refractivity contribution in [2.75, 3.05) is 0 Å². The van der Waals surface area contributed by atoms with Gasteiger partial charge in [-0.1, -0.05) is 44.2 Å². The zero-order valence-corrected chi connectivity index (χ0v) is 14.2. The quantitative estimate of drug-likeness (QED) is 0.731. The first-order chi connectivity index (χ1) is 10.4. The number of hydrogen-bond donors (Lipinski definition) is 2. The number of carboxylic acids is 1. The maximum Gasteiger partial charge on any atom is 0.303 e. The van der Waals surface area contributed by atoms with Crippen LogP contribution in [0.2, 0.25) is 0 Å². The molecule has 2 unspecified atom stereocenters. The first-order valence-corrected chi connectivity index (χ1v) is 8.62. The monoisotopic (exact) mass is 323 g/mol. The number of aliphatic carboxylic acids is 1. The molecule has 0 aromatic heterocycles. The third-order valence-corrected chi connectivity index (χ3v) is 4.93. The highest BCUT2D eigenvalue weighted by Crippen LogP contribution is 2.24. The van der Waals surface area contributed by atoms with Crippen LogP contribution in [0.1, 0.15) is 39.2 Å². The van der Waals surface area contributed by atoms with E-state index in [4.69, 9.17) is 5.11 Å². The van der Waals surface area contributed by atoms with Gasteiger partial charge in [-0.3, -0.25) is 9.59 Å². The molecule has 1 aromatic carbocycles. The average Bonchev–Trinajstić information content (AvgIpc) is 2.46. The Morgan fingerprint density at radius 2 is 1.82 bits per heavy atom. The average molecular weight is 323 g/mol. The maximum atomic E-state index is 12.4. The Balaban J connectivity index is 2.51. The van der Waals surface area contributed by atoms with E-state index in [1.807, 2.05) is 39.0 Å². The highest BCUT2D eigenvalue weighted by molar-refractivity contribution is 7.99. The summed E-state index contributed by atoms with van der Waals surface area (Å²) in [6, 6.07) is 9.95. The SMILES string of the molecule is CC(CCC(=O)O)NC(=O)C(SCc1ccccc1)C(C)C. The number of carbonyl (C=O) groups is 2. The fourth-order valence-electron chi connectivity index (χ4n) is 2.07. The van der Waals surface area contributed by atoms with Crippen LogP contribution in [0.4, 0.5) is 0 Å². The molecule has 0 radical (unpaired) electrons. The smallest absolute Gasteiger partial charge is 0.303 e. The molecule has 0 aliphatic heterocycles. The zero-order valence-electron chi connectivity index (χ0n) is 13.4. The van der Waals surface area contributed by atoms with Gasteiger partial charge in [-0.05, 0) is 24.8 Å². The minimum absolute atomic E-state index is 0.00572. The van der Waals surface area contributed by atoms with Gasteiger partial charge >= 0.3 is 5.97 Å². The van der Waals surface area contributed by atoms with Crippen molar-refractivity contribution in [3.8, 4) is 0 Å². The minimum atomic E-state index is -0.833. The van der Waals surface area contributed by atoms with E-state index in [0.29, 0.717) is 6.42 Å². The summed E-state index contributed by atoms with van der Waals surface area (Å²) in [7, 11) is 0. The summed E-state index contributed by atoms with van der Waals surface area (Å²) >= 11 is 1.63. The fraction of sp³-hybridized carbons (Fsp3) is 0.529. The molecule has 0 aliphatic rings. The third kappa shape index (κ3) is 6.98. The van der Waals surface area contributed by atoms with E-state index in [1.54, 1.807) is 11.8 Å². The molecule has 122 valence electrons. The van der Waals surface area contributed by atoms with E-state index < -0.39 is 5.97 Å². The molecular weight excluding hydrogens is 298 g/mol. The Labute approximate surface area is 136 Å². The minimum Gasteiger partial charge on any atom is -0.481 e. The standard InChI is InChI=1S/C17H25NO3S/c1-12(2)16(22-11-14-7-5-4-6-8-14)17(21)18-13(3)9-10-15(19)20/h4-8,12-13,16H,9-11H2,1-3H3,(H,18,21)(H,19,20). The lowest BCUT2D eigenvalue weighted by Gasteiger charge is -2.22. The number of carboxylic acid groups (broad SMARTS) is 1. The molecule has 2 N–H and O–H groups in total. The van der Waals surface area contributed by atoms with Crippen LogP contribution in [0.15, 0.2) is 30.3 Å². The van der Waals surface area contributed by atoms with Gasteiger partial charge in [0.25, 0.3) is 0 Å². The van der Waals surface area contributed by atoms with Crippen LogP contribution < -0.4 is 5.32 Å². The number of hydrogen-bond acceptors (Lipinski definition) is 3. The van der Waals surface area contributed by atoms with Gasteiger partial charge in [0, 0.05) is 18.2 Å². The zero-order chi connectivity index (χ0) is 16.5. The van der Waals surface area contributed by atoms with Crippen molar-refractivity contribution in [1.29, 1.82) is 0 Å². The molecule has 0 aliphatic carbocycles. The molecule has 1 amide bonds. The normalized spacial score (nSPS) is 13.6. The van der Waals surface area contributed by atoms with Crippen molar-refractivity contribution in [3.05, 3.63) is 35.9 Å². The predicted molar refractivity (Wildman–Crippen MR) is 90.8 cm³/mol. The summed E-state index contributed by atoms with van der Waals surface area (Å²) < 4.78 is 0. The van der Waals surface area contributed by atoms with Crippen molar-refractivity contribution >= 4 is 23.6 Å². The molecule has 5 heteroatoms. The summed E-state index contributed by atoms with van der Waals surface area (Å²) in [5, 5.41) is 11.5. The van der Waals surface area contributed by atoms with Gasteiger partial charge in [0.2, 0.25) is 5.91 Å². The van der Waals surface area contributed by atoms with Gasteiger partial charge in [0.05, 0.1) is 5.25 Å². The van der Waals surface area contributed by atoms with Gasteiger partial charge < -0.3 is 10.4 Å². The second kappa shape index (κ2) is 9.51. The maximum absolute atomic E-state index is 12.4. The number of nitrogens with one attached hydrogen (secondary N) is 1. The lowest BCUT2D eigenvalue weighted by molar-refractivity contribution is -0.137. The van der Waals surface area contributed by atoms with Crippen molar-refractivity contribution in [2.24, 2.45) is 5.92 Å². The summed E-state index contributed by atoms with van der Waals surface area (Å²) in [5.74, 6) is 0.176. The Morgan fingerprint density at radius 1 is 1.18 bits per heavy atom. The van der Waals surface area contributed by atoms with Gasteiger partial charge in [0.1, 0.15) is 0 Å². The summed E-state index contributed by atoms with van der Waals surface area (Å²) in [6.07, 6.45) is 0.528. The lowest BCUT2D eigenvalue weighted by atomic mass is 10.1. The van der Waals surface area contributed by atoms with Gasteiger partial charge in [-0.2, -0.15) is 0 Å². The van der Waals surface area contributed by atoms with E-state index in [-0.39, 0.29) is 29.5 Å². The Bertz CT molecular complexity index is 476. The van der Waals surface area contributed by atoms with Crippen LogP contribution in [0, 0.1) is 5.92 Å².